The molecule has 2 aliphatic rings. The van der Waals surface area contributed by atoms with Crippen molar-refractivity contribution in [2.75, 3.05) is 0 Å². The molecular formula is C20H28O4. The Morgan fingerprint density at radius 2 is 2.17 bits per heavy atom. The number of carboxylic acids is 1. The molecule has 0 saturated heterocycles. The number of aryl methyl sites for hydroxylation is 1. The summed E-state index contributed by atoms with van der Waals surface area (Å²) < 4.78 is 5.17. The van der Waals surface area contributed by atoms with E-state index < -0.39 is 17.5 Å². The second-order valence-corrected chi connectivity index (χ2v) is 8.20. The molecule has 1 aromatic heterocycles. The second kappa shape index (κ2) is 6.07. The van der Waals surface area contributed by atoms with Crippen LogP contribution in [0.5, 0.6) is 0 Å². The number of hydrogen-bond donors (Lipinski definition) is 2. The average molecular weight is 332 g/mol. The summed E-state index contributed by atoms with van der Waals surface area (Å²) in [5, 5.41) is 20.5. The summed E-state index contributed by atoms with van der Waals surface area (Å²) in [4.78, 5) is 11.8. The maximum Gasteiger partial charge on any atom is 0.331 e. The van der Waals surface area contributed by atoms with Gasteiger partial charge in [-0.05, 0) is 55.1 Å². The normalized spacial score (nSPS) is 39.2. The summed E-state index contributed by atoms with van der Waals surface area (Å²) in [6.45, 7) is 6.54. The van der Waals surface area contributed by atoms with Crippen molar-refractivity contribution in [1.29, 1.82) is 0 Å². The molecule has 0 spiro atoms. The molecule has 2 aliphatic carbocycles. The van der Waals surface area contributed by atoms with Crippen molar-refractivity contribution in [2.24, 2.45) is 22.7 Å². The molecule has 5 unspecified atom stereocenters. The van der Waals surface area contributed by atoms with E-state index in [1.54, 1.807) is 18.6 Å². The Labute approximate surface area is 143 Å². The third-order valence-electron chi connectivity index (χ3n) is 6.95. The quantitative estimate of drug-likeness (QED) is 0.873. The van der Waals surface area contributed by atoms with Crippen LogP contribution in [0, 0.1) is 22.7 Å². The molecule has 0 amide bonds. The van der Waals surface area contributed by atoms with Crippen LogP contribution >= 0.6 is 0 Å². The van der Waals surface area contributed by atoms with Crippen LogP contribution in [0.25, 0.3) is 0 Å². The van der Waals surface area contributed by atoms with Crippen molar-refractivity contribution in [3.63, 3.8) is 0 Å². The lowest BCUT2D eigenvalue weighted by Crippen LogP contribution is -2.56. The molecule has 3 rings (SSSR count). The van der Waals surface area contributed by atoms with Gasteiger partial charge in [-0.15, -0.1) is 0 Å². The summed E-state index contributed by atoms with van der Waals surface area (Å²) >= 11 is 0. The van der Waals surface area contributed by atoms with Crippen LogP contribution in [0.15, 0.2) is 34.7 Å². The van der Waals surface area contributed by atoms with Crippen LogP contribution in [-0.2, 0) is 11.2 Å². The van der Waals surface area contributed by atoms with E-state index in [0.29, 0.717) is 17.9 Å². The summed E-state index contributed by atoms with van der Waals surface area (Å²) in [5.41, 5.74) is 1.11. The van der Waals surface area contributed by atoms with Gasteiger partial charge in [0.25, 0.3) is 0 Å². The number of carboxylic acid groups (broad SMARTS) is 1. The van der Waals surface area contributed by atoms with Crippen molar-refractivity contribution in [2.45, 2.75) is 59.0 Å². The third-order valence-corrected chi connectivity index (χ3v) is 6.95. The van der Waals surface area contributed by atoms with Crippen molar-refractivity contribution in [1.82, 2.24) is 0 Å². The number of carbonyl (C=O) groups is 1. The zero-order chi connectivity index (χ0) is 17.5. The second-order valence-electron chi connectivity index (χ2n) is 8.20. The summed E-state index contributed by atoms with van der Waals surface area (Å²) in [6, 6.07) is 1.98. The van der Waals surface area contributed by atoms with Gasteiger partial charge in [-0.3, -0.25) is 0 Å². The van der Waals surface area contributed by atoms with E-state index in [0.717, 1.165) is 31.2 Å². The number of rotatable bonds is 4. The topological polar surface area (TPSA) is 70.7 Å². The Morgan fingerprint density at radius 3 is 2.79 bits per heavy atom. The van der Waals surface area contributed by atoms with Gasteiger partial charge in [0.05, 0.1) is 18.6 Å². The smallest absolute Gasteiger partial charge is 0.331 e. The molecule has 2 N–H and O–H groups in total. The van der Waals surface area contributed by atoms with Crippen molar-refractivity contribution in [3.8, 4) is 0 Å². The first-order valence-corrected chi connectivity index (χ1v) is 8.92. The van der Waals surface area contributed by atoms with E-state index in [-0.39, 0.29) is 11.3 Å². The zero-order valence-corrected chi connectivity index (χ0v) is 14.8. The Hall–Kier alpha value is -1.55. The van der Waals surface area contributed by atoms with Crippen LogP contribution < -0.4 is 0 Å². The Morgan fingerprint density at radius 1 is 1.42 bits per heavy atom. The van der Waals surface area contributed by atoms with E-state index in [2.05, 4.69) is 13.8 Å². The van der Waals surface area contributed by atoms with Crippen molar-refractivity contribution < 1.29 is 19.4 Å². The molecule has 0 bridgehead atoms. The fraction of sp³-hybridized carbons (Fsp3) is 0.650. The molecule has 4 heteroatoms. The minimum Gasteiger partial charge on any atom is -0.478 e. The third kappa shape index (κ3) is 2.61. The maximum atomic E-state index is 11.8. The molecule has 5 atom stereocenters. The van der Waals surface area contributed by atoms with Gasteiger partial charge in [0.2, 0.25) is 0 Å². The largest absolute Gasteiger partial charge is 0.478 e. The molecule has 0 aliphatic heterocycles. The highest BCUT2D eigenvalue weighted by atomic mass is 16.4. The van der Waals surface area contributed by atoms with Gasteiger partial charge in [0.1, 0.15) is 0 Å². The van der Waals surface area contributed by atoms with E-state index in [1.807, 2.05) is 13.0 Å². The molecule has 132 valence electrons. The SMILES string of the molecule is CC1CCC2(C)C(C(=O)O)=CCC(O)C2C1(C)CCc1ccoc1. The minimum absolute atomic E-state index is 0.0308. The van der Waals surface area contributed by atoms with Crippen LogP contribution in [0.4, 0.5) is 0 Å². The van der Waals surface area contributed by atoms with Gasteiger partial charge in [0.15, 0.2) is 0 Å². The molecule has 1 heterocycles. The Balaban J connectivity index is 1.95. The lowest BCUT2D eigenvalue weighted by molar-refractivity contribution is -0.142. The van der Waals surface area contributed by atoms with Gasteiger partial charge in [-0.1, -0.05) is 26.8 Å². The van der Waals surface area contributed by atoms with Crippen LogP contribution in [0.1, 0.15) is 52.0 Å². The van der Waals surface area contributed by atoms with Crippen LogP contribution in [0.3, 0.4) is 0 Å². The molecule has 0 aromatic carbocycles. The van der Waals surface area contributed by atoms with Crippen molar-refractivity contribution >= 4 is 5.97 Å². The van der Waals surface area contributed by atoms with Gasteiger partial charge in [0, 0.05) is 16.9 Å². The van der Waals surface area contributed by atoms with Crippen LogP contribution in [0.2, 0.25) is 0 Å². The van der Waals surface area contributed by atoms with E-state index in [4.69, 9.17) is 4.42 Å². The van der Waals surface area contributed by atoms with Crippen LogP contribution in [-0.4, -0.2) is 22.3 Å². The predicted molar refractivity (Wildman–Crippen MR) is 91.5 cm³/mol. The number of fused-ring (bicyclic) bond motifs is 1. The fourth-order valence-corrected chi connectivity index (χ4v) is 5.39. The number of hydrogen-bond acceptors (Lipinski definition) is 3. The van der Waals surface area contributed by atoms with E-state index >= 15 is 0 Å². The molecular weight excluding hydrogens is 304 g/mol. The maximum absolute atomic E-state index is 11.8. The average Bonchev–Trinajstić information content (AvgIpc) is 3.02. The first kappa shape index (κ1) is 17.3. The molecule has 24 heavy (non-hydrogen) atoms. The van der Waals surface area contributed by atoms with E-state index in [1.165, 1.54) is 0 Å². The molecule has 4 nitrogen and oxygen atoms in total. The zero-order valence-electron chi connectivity index (χ0n) is 14.8. The van der Waals surface area contributed by atoms with E-state index in [9.17, 15) is 15.0 Å². The monoisotopic (exact) mass is 332 g/mol. The van der Waals surface area contributed by atoms with Gasteiger partial charge in [-0.25, -0.2) is 4.79 Å². The first-order valence-electron chi connectivity index (χ1n) is 8.92. The standard InChI is InChI=1S/C20H28O4/c1-13-6-9-20(3)15(18(22)23)4-5-16(21)17(20)19(13,2)10-7-14-8-11-24-12-14/h4,8,11-13,16-17,21H,5-7,9-10H2,1-3H3,(H,22,23). The fourth-order valence-electron chi connectivity index (χ4n) is 5.39. The highest BCUT2D eigenvalue weighted by molar-refractivity contribution is 5.88. The molecule has 0 radical (unpaired) electrons. The Bertz CT molecular complexity index is 632. The predicted octanol–water partition coefficient (Wildman–Crippen LogP) is 4.05. The number of aliphatic hydroxyl groups is 1. The summed E-state index contributed by atoms with van der Waals surface area (Å²) in [6.07, 6.45) is 8.81. The number of aliphatic carboxylic acids is 1. The minimum atomic E-state index is -0.832. The van der Waals surface area contributed by atoms with Gasteiger partial charge >= 0.3 is 5.97 Å². The highest BCUT2D eigenvalue weighted by Gasteiger charge is 2.58. The summed E-state index contributed by atoms with van der Waals surface area (Å²) in [7, 11) is 0. The highest BCUT2D eigenvalue weighted by Crippen LogP contribution is 2.61. The number of aliphatic hydroxyl groups excluding tert-OH is 1. The summed E-state index contributed by atoms with van der Waals surface area (Å²) in [5.74, 6) is -0.414. The molecule has 1 saturated carbocycles. The van der Waals surface area contributed by atoms with Crippen molar-refractivity contribution in [3.05, 3.63) is 35.8 Å². The lowest BCUT2D eigenvalue weighted by atomic mass is 9.46. The molecule has 1 aromatic rings. The molecule has 1 fully saturated rings. The Kier molecular flexibility index (Phi) is 4.37. The lowest BCUT2D eigenvalue weighted by Gasteiger charge is -2.59. The van der Waals surface area contributed by atoms with Gasteiger partial charge < -0.3 is 14.6 Å². The van der Waals surface area contributed by atoms with Gasteiger partial charge in [-0.2, -0.15) is 0 Å². The number of furan rings is 1. The first-order chi connectivity index (χ1) is 11.3.